The van der Waals surface area contributed by atoms with Gasteiger partial charge < -0.3 is 9.47 Å². The smallest absolute Gasteiger partial charge is 0.346 e. The summed E-state index contributed by atoms with van der Waals surface area (Å²) in [7, 11) is 1.32. The lowest BCUT2D eigenvalue weighted by Crippen LogP contribution is -2.25. The van der Waals surface area contributed by atoms with Crippen molar-refractivity contribution in [3.63, 3.8) is 0 Å². The number of hydrogen-bond donors (Lipinski definition) is 0. The molecule has 0 fully saturated rings. The number of ether oxygens (including phenoxy) is 2. The van der Waals surface area contributed by atoms with Crippen LogP contribution >= 0.6 is 38.5 Å². The number of methoxy groups -OCH3 is 1. The van der Waals surface area contributed by atoms with Crippen molar-refractivity contribution in [2.75, 3.05) is 7.11 Å². The second-order valence-corrected chi connectivity index (χ2v) is 8.23. The van der Waals surface area contributed by atoms with Crippen molar-refractivity contribution in [1.29, 1.82) is 0 Å². The first-order chi connectivity index (χ1) is 13.8. The summed E-state index contributed by atoms with van der Waals surface area (Å²) in [6.45, 7) is 3.35. The fraction of sp³-hybridized carbons (Fsp3) is 0.200. The molecule has 0 N–H and O–H groups in total. The van der Waals surface area contributed by atoms with Crippen LogP contribution in [0.1, 0.15) is 18.3 Å². The van der Waals surface area contributed by atoms with Gasteiger partial charge in [-0.05, 0) is 78.4 Å². The van der Waals surface area contributed by atoms with Crippen molar-refractivity contribution in [2.24, 2.45) is 5.10 Å². The third kappa shape index (κ3) is 4.84. The molecule has 0 aliphatic carbocycles. The summed E-state index contributed by atoms with van der Waals surface area (Å²) in [5.41, 5.74) is 1.15. The van der Waals surface area contributed by atoms with Crippen molar-refractivity contribution in [2.45, 2.75) is 20.0 Å². The Kier molecular flexibility index (Phi) is 6.68. The van der Waals surface area contributed by atoms with Gasteiger partial charge in [-0.3, -0.25) is 4.79 Å². The number of benzene rings is 2. The predicted octanol–water partition coefficient (Wildman–Crippen LogP) is 3.89. The molecule has 0 radical (unpaired) electrons. The van der Waals surface area contributed by atoms with Crippen LogP contribution in [0.5, 0.6) is 5.75 Å². The van der Waals surface area contributed by atoms with Crippen LogP contribution in [0.4, 0.5) is 0 Å². The highest BCUT2D eigenvalue weighted by molar-refractivity contribution is 14.1. The monoisotopic (exact) mass is 569 g/mol. The van der Waals surface area contributed by atoms with Crippen LogP contribution < -0.4 is 10.3 Å². The van der Waals surface area contributed by atoms with E-state index >= 15 is 0 Å². The first-order valence-electron chi connectivity index (χ1n) is 8.57. The van der Waals surface area contributed by atoms with Gasteiger partial charge in [-0.15, -0.1) is 0 Å². The second kappa shape index (κ2) is 9.04. The third-order valence-electron chi connectivity index (χ3n) is 4.09. The number of nitrogens with zero attached hydrogens (tertiary/aromatic N) is 3. The molecule has 7 nitrogen and oxygen atoms in total. The number of hydrogen-bond acceptors (Lipinski definition) is 6. The fourth-order valence-corrected chi connectivity index (χ4v) is 3.65. The van der Waals surface area contributed by atoms with Crippen LogP contribution in [0.25, 0.3) is 10.9 Å². The zero-order valence-electron chi connectivity index (χ0n) is 15.8. The molecule has 0 aliphatic rings. The van der Waals surface area contributed by atoms with Gasteiger partial charge in [0.05, 0.1) is 27.8 Å². The summed E-state index contributed by atoms with van der Waals surface area (Å²) in [6, 6.07) is 10.7. The largest absolute Gasteiger partial charge is 0.478 e. The van der Waals surface area contributed by atoms with E-state index in [9.17, 15) is 9.59 Å². The standard InChI is InChI=1S/C20H17BrIN3O4/c1-11(20(27)28-3)29-18-7-4-13(8-16(18)22)10-23-25-12(2)24-17-6-5-14(21)9-15(17)19(25)26/h4-11H,1-3H3/t11-/m0/s1. The molecule has 3 rings (SSSR count). The molecular weight excluding hydrogens is 553 g/mol. The highest BCUT2D eigenvalue weighted by Crippen LogP contribution is 2.23. The number of aryl methyl sites for hydroxylation is 1. The van der Waals surface area contributed by atoms with Crippen LogP contribution in [0.15, 0.2) is 50.8 Å². The molecule has 0 unspecified atom stereocenters. The maximum atomic E-state index is 12.8. The molecule has 0 aliphatic heterocycles. The summed E-state index contributed by atoms with van der Waals surface area (Å²) in [6.07, 6.45) is 0.868. The van der Waals surface area contributed by atoms with Gasteiger partial charge >= 0.3 is 5.97 Å². The number of aromatic nitrogens is 2. The van der Waals surface area contributed by atoms with Crippen molar-refractivity contribution in [3.8, 4) is 5.75 Å². The third-order valence-corrected chi connectivity index (χ3v) is 5.42. The van der Waals surface area contributed by atoms with Gasteiger partial charge in [0.15, 0.2) is 6.10 Å². The molecule has 9 heteroatoms. The Bertz CT molecular complexity index is 1180. The normalized spacial score (nSPS) is 12.3. The Balaban J connectivity index is 1.89. The predicted molar refractivity (Wildman–Crippen MR) is 123 cm³/mol. The van der Waals surface area contributed by atoms with Gasteiger partial charge in [-0.1, -0.05) is 15.9 Å². The first kappa shape index (κ1) is 21.4. The molecule has 1 aromatic heterocycles. The topological polar surface area (TPSA) is 82.8 Å². The van der Waals surface area contributed by atoms with Gasteiger partial charge in [0.1, 0.15) is 11.6 Å². The minimum atomic E-state index is -0.711. The van der Waals surface area contributed by atoms with Crippen molar-refractivity contribution >= 4 is 61.6 Å². The first-order valence-corrected chi connectivity index (χ1v) is 10.4. The quantitative estimate of drug-likeness (QED) is 0.264. The van der Waals surface area contributed by atoms with Crippen LogP contribution in [0.3, 0.4) is 0 Å². The Labute approximate surface area is 189 Å². The van der Waals surface area contributed by atoms with E-state index in [0.717, 1.165) is 13.6 Å². The summed E-state index contributed by atoms with van der Waals surface area (Å²) >= 11 is 5.49. The van der Waals surface area contributed by atoms with Crippen LogP contribution in [-0.2, 0) is 9.53 Å². The van der Waals surface area contributed by atoms with Gasteiger partial charge in [-0.2, -0.15) is 9.78 Å². The van der Waals surface area contributed by atoms with Crippen molar-refractivity contribution in [3.05, 3.63) is 66.2 Å². The minimum absolute atomic E-state index is 0.244. The van der Waals surface area contributed by atoms with Crippen molar-refractivity contribution < 1.29 is 14.3 Å². The van der Waals surface area contributed by atoms with E-state index < -0.39 is 12.1 Å². The summed E-state index contributed by atoms with van der Waals surface area (Å²) < 4.78 is 13.2. The lowest BCUT2D eigenvalue weighted by molar-refractivity contribution is -0.147. The number of rotatable bonds is 5. The Morgan fingerprint density at radius 3 is 2.76 bits per heavy atom. The Morgan fingerprint density at radius 2 is 2.07 bits per heavy atom. The number of carbonyl (C=O) groups excluding carboxylic acids is 1. The van der Waals surface area contributed by atoms with E-state index in [4.69, 9.17) is 4.74 Å². The number of esters is 1. The molecule has 3 aromatic rings. The summed E-state index contributed by atoms with van der Waals surface area (Å²) in [5, 5.41) is 4.80. The van der Waals surface area contributed by atoms with E-state index in [2.05, 4.69) is 53.3 Å². The maximum absolute atomic E-state index is 12.8. The highest BCUT2D eigenvalue weighted by atomic mass is 127. The number of carbonyl (C=O) groups is 1. The molecule has 1 heterocycles. The lowest BCUT2D eigenvalue weighted by atomic mass is 10.2. The SMILES string of the molecule is COC(=O)[C@H](C)Oc1ccc(C=Nn2c(C)nc3ccc(Br)cc3c2=O)cc1I. The minimum Gasteiger partial charge on any atom is -0.478 e. The highest BCUT2D eigenvalue weighted by Gasteiger charge is 2.16. The fourth-order valence-electron chi connectivity index (χ4n) is 2.62. The van der Waals surface area contributed by atoms with E-state index in [-0.39, 0.29) is 5.56 Å². The van der Waals surface area contributed by atoms with Gasteiger partial charge in [0, 0.05) is 4.47 Å². The number of fused-ring (bicyclic) bond motifs is 1. The molecule has 0 amide bonds. The van der Waals surface area contributed by atoms with Crippen LogP contribution in [0, 0.1) is 10.5 Å². The van der Waals surface area contributed by atoms with Gasteiger partial charge in [0.2, 0.25) is 0 Å². The maximum Gasteiger partial charge on any atom is 0.346 e. The van der Waals surface area contributed by atoms with Crippen LogP contribution in [-0.4, -0.2) is 35.1 Å². The zero-order chi connectivity index (χ0) is 21.1. The van der Waals surface area contributed by atoms with E-state index in [0.29, 0.717) is 22.5 Å². The Morgan fingerprint density at radius 1 is 1.31 bits per heavy atom. The zero-order valence-corrected chi connectivity index (χ0v) is 19.6. The molecular formula is C20H17BrIN3O4. The van der Waals surface area contributed by atoms with Gasteiger partial charge in [0.25, 0.3) is 5.56 Å². The Hall–Kier alpha value is -2.27. The average Bonchev–Trinajstić information content (AvgIpc) is 2.69. The van der Waals surface area contributed by atoms with Crippen LogP contribution in [0.2, 0.25) is 0 Å². The van der Waals surface area contributed by atoms with E-state index in [1.807, 2.05) is 12.1 Å². The van der Waals surface area contributed by atoms with E-state index in [1.54, 1.807) is 44.3 Å². The molecule has 0 bridgehead atoms. The number of halogens is 2. The molecule has 0 spiro atoms. The molecule has 0 saturated heterocycles. The summed E-state index contributed by atoms with van der Waals surface area (Å²) in [4.78, 5) is 28.7. The molecule has 29 heavy (non-hydrogen) atoms. The van der Waals surface area contributed by atoms with E-state index in [1.165, 1.54) is 11.8 Å². The summed E-state index contributed by atoms with van der Waals surface area (Å²) in [5.74, 6) is 0.602. The molecule has 2 aromatic carbocycles. The van der Waals surface area contributed by atoms with Gasteiger partial charge in [-0.25, -0.2) is 9.78 Å². The molecule has 0 saturated carbocycles. The average molecular weight is 570 g/mol. The van der Waals surface area contributed by atoms with Crippen molar-refractivity contribution in [1.82, 2.24) is 9.66 Å². The lowest BCUT2D eigenvalue weighted by Gasteiger charge is -2.14. The molecule has 150 valence electrons. The second-order valence-electron chi connectivity index (χ2n) is 6.16. The molecule has 1 atom stereocenters.